The van der Waals surface area contributed by atoms with Gasteiger partial charge in [-0.05, 0) is 49.8 Å². The fraction of sp³-hybridized carbons (Fsp3) is 0.588. The van der Waals surface area contributed by atoms with Gasteiger partial charge in [-0.1, -0.05) is 12.1 Å². The third kappa shape index (κ3) is 4.97. The number of hydrogen-bond donors (Lipinski definition) is 3. The zero-order chi connectivity index (χ0) is 15.4. The zero-order valence-corrected chi connectivity index (χ0v) is 15.8. The summed E-state index contributed by atoms with van der Waals surface area (Å²) in [6, 6.07) is 7.81. The highest BCUT2D eigenvalue weighted by Crippen LogP contribution is 2.34. The molecule has 5 nitrogen and oxygen atoms in total. The standard InChI is InChI=1S/C17H25N3O2.HI/c1-18-17(20-15-11-14-8-9-16(15)22-14)19-10-2-3-12-4-6-13(21)7-5-12;/h4-7,14-16,21H,2-3,8-11H2,1H3,(H2,18,19,20);1H. The first-order chi connectivity index (χ1) is 10.7. The lowest BCUT2D eigenvalue weighted by atomic mass is 9.96. The van der Waals surface area contributed by atoms with E-state index in [0.717, 1.165) is 31.8 Å². The molecule has 0 spiro atoms. The Morgan fingerprint density at radius 3 is 2.70 bits per heavy atom. The van der Waals surface area contributed by atoms with Crippen molar-refractivity contribution in [2.75, 3.05) is 13.6 Å². The van der Waals surface area contributed by atoms with Gasteiger partial charge in [-0.3, -0.25) is 4.99 Å². The number of phenols is 1. The van der Waals surface area contributed by atoms with Gasteiger partial charge < -0.3 is 20.5 Å². The third-order valence-corrected chi connectivity index (χ3v) is 4.52. The number of aliphatic imine (C=N–C) groups is 1. The number of ether oxygens (including phenoxy) is 1. The van der Waals surface area contributed by atoms with Crippen LogP contribution < -0.4 is 10.6 Å². The minimum absolute atomic E-state index is 0. The number of phenolic OH excluding ortho intramolecular Hbond substituents is 1. The molecular weight excluding hydrogens is 405 g/mol. The Kier molecular flexibility index (Phi) is 6.95. The van der Waals surface area contributed by atoms with Crippen LogP contribution >= 0.6 is 24.0 Å². The Morgan fingerprint density at radius 2 is 2.09 bits per heavy atom. The van der Waals surface area contributed by atoms with Gasteiger partial charge in [0, 0.05) is 13.6 Å². The maximum Gasteiger partial charge on any atom is 0.191 e. The number of guanidine groups is 1. The molecule has 2 bridgehead atoms. The van der Waals surface area contributed by atoms with E-state index in [1.807, 2.05) is 19.2 Å². The van der Waals surface area contributed by atoms with Crippen molar-refractivity contribution in [1.29, 1.82) is 0 Å². The summed E-state index contributed by atoms with van der Waals surface area (Å²) in [6.07, 6.45) is 6.30. The van der Waals surface area contributed by atoms with Crippen molar-refractivity contribution in [3.05, 3.63) is 29.8 Å². The van der Waals surface area contributed by atoms with Crippen molar-refractivity contribution in [2.45, 2.75) is 50.4 Å². The van der Waals surface area contributed by atoms with Gasteiger partial charge in [-0.25, -0.2) is 0 Å². The lowest BCUT2D eigenvalue weighted by Gasteiger charge is -2.22. The fourth-order valence-corrected chi connectivity index (χ4v) is 3.32. The fourth-order valence-electron chi connectivity index (χ4n) is 3.32. The molecular formula is C17H26IN3O2. The first-order valence-corrected chi connectivity index (χ1v) is 8.15. The largest absolute Gasteiger partial charge is 0.508 e. The molecule has 3 rings (SSSR count). The highest BCUT2D eigenvalue weighted by atomic mass is 127. The second kappa shape index (κ2) is 8.73. The average Bonchev–Trinajstić information content (AvgIpc) is 3.14. The Morgan fingerprint density at radius 1 is 1.30 bits per heavy atom. The molecule has 2 aliphatic rings. The van der Waals surface area contributed by atoms with Crippen molar-refractivity contribution in [3.63, 3.8) is 0 Å². The van der Waals surface area contributed by atoms with Crippen LogP contribution in [-0.4, -0.2) is 42.9 Å². The first-order valence-electron chi connectivity index (χ1n) is 8.15. The van der Waals surface area contributed by atoms with Gasteiger partial charge in [-0.15, -0.1) is 24.0 Å². The quantitative estimate of drug-likeness (QED) is 0.290. The molecule has 23 heavy (non-hydrogen) atoms. The maximum atomic E-state index is 9.27. The third-order valence-electron chi connectivity index (χ3n) is 4.52. The highest BCUT2D eigenvalue weighted by molar-refractivity contribution is 14.0. The van der Waals surface area contributed by atoms with Crippen LogP contribution in [0.2, 0.25) is 0 Å². The molecule has 2 heterocycles. The van der Waals surface area contributed by atoms with Crippen molar-refractivity contribution < 1.29 is 9.84 Å². The smallest absolute Gasteiger partial charge is 0.191 e. The number of nitrogens with zero attached hydrogens (tertiary/aromatic N) is 1. The number of fused-ring (bicyclic) bond motifs is 2. The van der Waals surface area contributed by atoms with Gasteiger partial charge in [0.2, 0.25) is 0 Å². The van der Waals surface area contributed by atoms with Crippen LogP contribution in [0.1, 0.15) is 31.2 Å². The summed E-state index contributed by atoms with van der Waals surface area (Å²) < 4.78 is 5.86. The number of hydrogen-bond acceptors (Lipinski definition) is 3. The van der Waals surface area contributed by atoms with Gasteiger partial charge in [0.05, 0.1) is 18.2 Å². The summed E-state index contributed by atoms with van der Waals surface area (Å²) in [4.78, 5) is 4.30. The maximum absolute atomic E-state index is 9.27. The number of benzene rings is 1. The van der Waals surface area contributed by atoms with E-state index in [2.05, 4.69) is 15.6 Å². The molecule has 1 aromatic carbocycles. The highest BCUT2D eigenvalue weighted by Gasteiger charge is 2.40. The predicted octanol–water partition coefficient (Wildman–Crippen LogP) is 2.43. The average molecular weight is 431 g/mol. The molecule has 2 fully saturated rings. The zero-order valence-electron chi connectivity index (χ0n) is 13.5. The van der Waals surface area contributed by atoms with Crippen molar-refractivity contribution in [2.24, 2.45) is 4.99 Å². The summed E-state index contributed by atoms with van der Waals surface area (Å²) >= 11 is 0. The molecule has 3 unspecified atom stereocenters. The number of rotatable bonds is 5. The molecule has 0 aromatic heterocycles. The molecule has 3 atom stereocenters. The van der Waals surface area contributed by atoms with Crippen LogP contribution in [0.3, 0.4) is 0 Å². The van der Waals surface area contributed by atoms with Gasteiger partial charge in [0.1, 0.15) is 5.75 Å². The number of aryl methyl sites for hydroxylation is 1. The Balaban J connectivity index is 0.00000192. The minimum Gasteiger partial charge on any atom is -0.508 e. The molecule has 128 valence electrons. The summed E-state index contributed by atoms with van der Waals surface area (Å²) in [6.45, 7) is 0.877. The molecule has 3 N–H and O–H groups in total. The van der Waals surface area contributed by atoms with Crippen LogP contribution in [0.15, 0.2) is 29.3 Å². The van der Waals surface area contributed by atoms with Crippen LogP contribution in [0, 0.1) is 0 Å². The van der Waals surface area contributed by atoms with Crippen LogP contribution in [0.4, 0.5) is 0 Å². The van der Waals surface area contributed by atoms with E-state index in [0.29, 0.717) is 24.0 Å². The molecule has 0 amide bonds. The lowest BCUT2D eigenvalue weighted by molar-refractivity contribution is 0.0992. The van der Waals surface area contributed by atoms with E-state index in [1.165, 1.54) is 18.4 Å². The van der Waals surface area contributed by atoms with Gasteiger partial charge in [-0.2, -0.15) is 0 Å². The Bertz CT molecular complexity index is 521. The predicted molar refractivity (Wildman–Crippen MR) is 103 cm³/mol. The molecule has 0 aliphatic carbocycles. The van der Waals surface area contributed by atoms with E-state index in [9.17, 15) is 5.11 Å². The second-order valence-electron chi connectivity index (χ2n) is 6.13. The molecule has 0 saturated carbocycles. The van der Waals surface area contributed by atoms with E-state index in [4.69, 9.17) is 4.74 Å². The molecule has 0 radical (unpaired) electrons. The number of aromatic hydroxyl groups is 1. The molecule has 1 aromatic rings. The monoisotopic (exact) mass is 431 g/mol. The summed E-state index contributed by atoms with van der Waals surface area (Å²) in [5, 5.41) is 16.1. The molecule has 6 heteroatoms. The molecule has 2 saturated heterocycles. The van der Waals surface area contributed by atoms with Gasteiger partial charge >= 0.3 is 0 Å². The first kappa shape index (κ1) is 18.3. The van der Waals surface area contributed by atoms with E-state index >= 15 is 0 Å². The van der Waals surface area contributed by atoms with Crippen molar-refractivity contribution >= 4 is 29.9 Å². The number of nitrogens with one attached hydrogen (secondary N) is 2. The summed E-state index contributed by atoms with van der Waals surface area (Å²) in [5.74, 6) is 1.19. The SMILES string of the molecule is CN=C(NCCCc1ccc(O)cc1)NC1CC2CCC1O2.I. The van der Waals surface area contributed by atoms with Crippen LogP contribution in [0.5, 0.6) is 5.75 Å². The van der Waals surface area contributed by atoms with E-state index in [-0.39, 0.29) is 24.0 Å². The lowest BCUT2D eigenvalue weighted by Crippen LogP contribution is -2.47. The van der Waals surface area contributed by atoms with Crippen molar-refractivity contribution in [3.8, 4) is 5.75 Å². The summed E-state index contributed by atoms with van der Waals surface area (Å²) in [7, 11) is 1.81. The Labute approximate surface area is 154 Å². The van der Waals surface area contributed by atoms with Crippen molar-refractivity contribution in [1.82, 2.24) is 10.6 Å². The van der Waals surface area contributed by atoms with Gasteiger partial charge in [0.25, 0.3) is 0 Å². The molecule has 2 aliphatic heterocycles. The topological polar surface area (TPSA) is 65.9 Å². The van der Waals surface area contributed by atoms with Crippen LogP contribution in [-0.2, 0) is 11.2 Å². The Hall–Kier alpha value is -1.02. The van der Waals surface area contributed by atoms with Gasteiger partial charge in [0.15, 0.2) is 5.96 Å². The number of halogens is 1. The van der Waals surface area contributed by atoms with Crippen LogP contribution in [0.25, 0.3) is 0 Å². The second-order valence-corrected chi connectivity index (χ2v) is 6.13. The van der Waals surface area contributed by atoms with E-state index < -0.39 is 0 Å². The minimum atomic E-state index is 0. The van der Waals surface area contributed by atoms with E-state index in [1.54, 1.807) is 12.1 Å². The summed E-state index contributed by atoms with van der Waals surface area (Å²) in [5.41, 5.74) is 1.24. The normalized spacial score (nSPS) is 26.0.